The summed E-state index contributed by atoms with van der Waals surface area (Å²) in [5.74, 6) is 1.20. The van der Waals surface area contributed by atoms with E-state index in [4.69, 9.17) is 0 Å². The van der Waals surface area contributed by atoms with E-state index in [9.17, 15) is 10.1 Å². The third kappa shape index (κ3) is 2.84. The van der Waals surface area contributed by atoms with E-state index in [2.05, 4.69) is 37.7 Å². The molecular formula is C19H22N4O. The molecule has 2 aromatic heterocycles. The van der Waals surface area contributed by atoms with Crippen LogP contribution < -0.4 is 5.56 Å². The molecule has 5 heteroatoms. The third-order valence-corrected chi connectivity index (χ3v) is 4.52. The molecule has 24 heavy (non-hydrogen) atoms. The van der Waals surface area contributed by atoms with E-state index in [1.165, 1.54) is 0 Å². The first-order chi connectivity index (χ1) is 11.3. The fourth-order valence-corrected chi connectivity index (χ4v) is 3.04. The first-order valence-corrected chi connectivity index (χ1v) is 8.32. The van der Waals surface area contributed by atoms with E-state index >= 15 is 0 Å². The Balaban J connectivity index is 2.14. The summed E-state index contributed by atoms with van der Waals surface area (Å²) >= 11 is 0. The first kappa shape index (κ1) is 16.4. The van der Waals surface area contributed by atoms with Crippen LogP contribution in [0.15, 0.2) is 23.1 Å². The number of nitrogens with zero attached hydrogens (tertiary/aromatic N) is 4. The molecule has 2 aromatic rings. The normalized spacial score (nSPS) is 17.2. The standard InChI is InChI=1S/C19H22N4O/c1-12-5-8-16-22-17(14(9-20)18(24)23(16)11-12)13-6-7-15(21-10-13)19(2,3)4/h6-7,10,12H,5,8,11H2,1-4H3. The van der Waals surface area contributed by atoms with Crippen LogP contribution >= 0.6 is 0 Å². The summed E-state index contributed by atoms with van der Waals surface area (Å²) in [4.78, 5) is 21.8. The average molecular weight is 322 g/mol. The number of aromatic nitrogens is 3. The molecule has 0 amide bonds. The summed E-state index contributed by atoms with van der Waals surface area (Å²) in [5, 5.41) is 9.49. The highest BCUT2D eigenvalue weighted by Gasteiger charge is 2.23. The summed E-state index contributed by atoms with van der Waals surface area (Å²) in [7, 11) is 0. The smallest absolute Gasteiger partial charge is 0.272 e. The van der Waals surface area contributed by atoms with Crippen LogP contribution in [-0.4, -0.2) is 14.5 Å². The minimum absolute atomic E-state index is 0.0461. The zero-order chi connectivity index (χ0) is 17.5. The van der Waals surface area contributed by atoms with E-state index < -0.39 is 0 Å². The van der Waals surface area contributed by atoms with Gasteiger partial charge in [-0.1, -0.05) is 27.7 Å². The van der Waals surface area contributed by atoms with Crippen molar-refractivity contribution >= 4 is 0 Å². The van der Waals surface area contributed by atoms with Gasteiger partial charge in [-0.05, 0) is 24.5 Å². The highest BCUT2D eigenvalue weighted by atomic mass is 16.1. The van der Waals surface area contributed by atoms with Crippen molar-refractivity contribution in [2.75, 3.05) is 0 Å². The summed E-state index contributed by atoms with van der Waals surface area (Å²) in [6.07, 6.45) is 3.49. The molecular weight excluding hydrogens is 300 g/mol. The van der Waals surface area contributed by atoms with Crippen LogP contribution in [0, 0.1) is 17.2 Å². The minimum Gasteiger partial charge on any atom is -0.295 e. The molecule has 1 atom stereocenters. The van der Waals surface area contributed by atoms with Gasteiger partial charge in [-0.2, -0.15) is 5.26 Å². The molecule has 124 valence electrons. The summed E-state index contributed by atoms with van der Waals surface area (Å²) < 4.78 is 1.66. The minimum atomic E-state index is -0.232. The number of aryl methyl sites for hydroxylation is 1. The van der Waals surface area contributed by atoms with Crippen molar-refractivity contribution in [2.45, 2.75) is 52.5 Å². The average Bonchev–Trinajstić information content (AvgIpc) is 2.54. The largest absolute Gasteiger partial charge is 0.295 e. The van der Waals surface area contributed by atoms with Gasteiger partial charge in [0.2, 0.25) is 0 Å². The molecule has 0 aromatic carbocycles. The van der Waals surface area contributed by atoms with Crippen LogP contribution in [0.5, 0.6) is 0 Å². The number of pyridine rings is 1. The molecule has 0 saturated heterocycles. The monoisotopic (exact) mass is 322 g/mol. The number of hydrogen-bond donors (Lipinski definition) is 0. The van der Waals surface area contributed by atoms with Crippen LogP contribution in [0.25, 0.3) is 11.3 Å². The Kier molecular flexibility index (Phi) is 4.00. The molecule has 0 saturated carbocycles. The lowest BCUT2D eigenvalue weighted by Gasteiger charge is -2.23. The van der Waals surface area contributed by atoms with Gasteiger partial charge in [-0.15, -0.1) is 0 Å². The lowest BCUT2D eigenvalue weighted by atomic mass is 9.91. The van der Waals surface area contributed by atoms with Gasteiger partial charge in [-0.3, -0.25) is 14.3 Å². The van der Waals surface area contributed by atoms with Gasteiger partial charge in [0.05, 0.1) is 5.69 Å². The van der Waals surface area contributed by atoms with Gasteiger partial charge in [0.1, 0.15) is 17.5 Å². The predicted molar refractivity (Wildman–Crippen MR) is 92.6 cm³/mol. The third-order valence-electron chi connectivity index (χ3n) is 4.52. The highest BCUT2D eigenvalue weighted by Crippen LogP contribution is 2.25. The van der Waals surface area contributed by atoms with E-state index in [0.717, 1.165) is 29.9 Å². The highest BCUT2D eigenvalue weighted by molar-refractivity contribution is 5.65. The quantitative estimate of drug-likeness (QED) is 0.809. The van der Waals surface area contributed by atoms with E-state index in [1.54, 1.807) is 10.8 Å². The summed E-state index contributed by atoms with van der Waals surface area (Å²) in [6, 6.07) is 5.89. The zero-order valence-electron chi connectivity index (χ0n) is 14.6. The summed E-state index contributed by atoms with van der Waals surface area (Å²) in [6.45, 7) is 9.04. The molecule has 1 aliphatic rings. The van der Waals surface area contributed by atoms with Gasteiger partial charge in [0, 0.05) is 35.8 Å². The fraction of sp³-hybridized carbons (Fsp3) is 0.474. The maximum absolute atomic E-state index is 12.7. The molecule has 3 heterocycles. The van der Waals surface area contributed by atoms with Crippen molar-refractivity contribution in [1.82, 2.24) is 14.5 Å². The van der Waals surface area contributed by atoms with Gasteiger partial charge >= 0.3 is 0 Å². The van der Waals surface area contributed by atoms with Gasteiger partial charge < -0.3 is 0 Å². The molecule has 1 aliphatic heterocycles. The number of hydrogen-bond acceptors (Lipinski definition) is 4. The molecule has 0 fully saturated rings. The van der Waals surface area contributed by atoms with Crippen LogP contribution in [0.2, 0.25) is 0 Å². The van der Waals surface area contributed by atoms with Crippen LogP contribution in [-0.2, 0) is 18.4 Å². The van der Waals surface area contributed by atoms with Crippen molar-refractivity contribution in [1.29, 1.82) is 5.26 Å². The maximum Gasteiger partial charge on any atom is 0.272 e. The van der Waals surface area contributed by atoms with Crippen molar-refractivity contribution in [3.8, 4) is 17.3 Å². The van der Waals surface area contributed by atoms with Crippen molar-refractivity contribution in [3.05, 3.63) is 45.8 Å². The fourth-order valence-electron chi connectivity index (χ4n) is 3.04. The van der Waals surface area contributed by atoms with Gasteiger partial charge in [0.25, 0.3) is 5.56 Å². The lowest BCUT2D eigenvalue weighted by molar-refractivity contribution is 0.379. The number of fused-ring (bicyclic) bond motifs is 1. The molecule has 0 radical (unpaired) electrons. The Bertz CT molecular complexity index is 866. The topological polar surface area (TPSA) is 71.6 Å². The molecule has 1 unspecified atom stereocenters. The van der Waals surface area contributed by atoms with E-state index in [1.807, 2.05) is 18.2 Å². The maximum atomic E-state index is 12.7. The summed E-state index contributed by atoms with van der Waals surface area (Å²) in [5.41, 5.74) is 1.97. The van der Waals surface area contributed by atoms with Crippen LogP contribution in [0.1, 0.15) is 51.2 Å². The Hall–Kier alpha value is -2.48. The van der Waals surface area contributed by atoms with Crippen molar-refractivity contribution < 1.29 is 0 Å². The number of rotatable bonds is 1. The van der Waals surface area contributed by atoms with Crippen molar-refractivity contribution in [2.24, 2.45) is 5.92 Å². The first-order valence-electron chi connectivity index (χ1n) is 8.32. The van der Waals surface area contributed by atoms with E-state index in [-0.39, 0.29) is 16.5 Å². The molecule has 0 spiro atoms. The SMILES string of the molecule is CC1CCc2nc(-c3ccc(C(C)(C)C)nc3)c(C#N)c(=O)n2C1. The molecule has 0 bridgehead atoms. The van der Waals surface area contributed by atoms with Crippen molar-refractivity contribution in [3.63, 3.8) is 0 Å². The second-order valence-corrected chi connectivity index (χ2v) is 7.61. The molecule has 3 rings (SSSR count). The Morgan fingerprint density at radius 3 is 2.67 bits per heavy atom. The predicted octanol–water partition coefficient (Wildman–Crippen LogP) is 3.06. The Labute approximate surface area is 142 Å². The molecule has 0 aliphatic carbocycles. The molecule has 5 nitrogen and oxygen atoms in total. The van der Waals surface area contributed by atoms with Crippen LogP contribution in [0.3, 0.4) is 0 Å². The molecule has 0 N–H and O–H groups in total. The zero-order valence-corrected chi connectivity index (χ0v) is 14.6. The van der Waals surface area contributed by atoms with Gasteiger partial charge in [-0.25, -0.2) is 4.98 Å². The Morgan fingerprint density at radius 2 is 2.08 bits per heavy atom. The second kappa shape index (κ2) is 5.86. The van der Waals surface area contributed by atoms with Gasteiger partial charge in [0.15, 0.2) is 0 Å². The lowest BCUT2D eigenvalue weighted by Crippen LogP contribution is -2.33. The number of nitriles is 1. The van der Waals surface area contributed by atoms with Crippen LogP contribution in [0.4, 0.5) is 0 Å². The second-order valence-electron chi connectivity index (χ2n) is 7.61. The van der Waals surface area contributed by atoms with E-state index in [0.29, 0.717) is 18.2 Å². The Morgan fingerprint density at radius 1 is 1.33 bits per heavy atom.